The second-order valence-corrected chi connectivity index (χ2v) is 9.58. The Balaban J connectivity index is 1.29. The Kier molecular flexibility index (Phi) is 6.17. The highest BCUT2D eigenvalue weighted by atomic mass is 35.5. The molecule has 33 heavy (non-hydrogen) atoms. The van der Waals surface area contributed by atoms with E-state index in [4.69, 9.17) is 22.3 Å². The first kappa shape index (κ1) is 22.0. The monoisotopic (exact) mass is 464 g/mol. The van der Waals surface area contributed by atoms with E-state index >= 15 is 0 Å². The second-order valence-electron chi connectivity index (χ2n) is 9.17. The molecular weight excluding hydrogens is 436 g/mol. The van der Waals surface area contributed by atoms with Crippen molar-refractivity contribution in [3.8, 4) is 0 Å². The summed E-state index contributed by atoms with van der Waals surface area (Å²) >= 11 is 6.44. The summed E-state index contributed by atoms with van der Waals surface area (Å²) in [6.07, 6.45) is 11.6. The fourth-order valence-electron chi connectivity index (χ4n) is 4.86. The number of nitrogens with zero attached hydrogens (tertiary/aromatic N) is 4. The molecule has 1 saturated carbocycles. The molecule has 1 aromatic carbocycles. The van der Waals surface area contributed by atoms with Crippen LogP contribution >= 0.6 is 11.6 Å². The van der Waals surface area contributed by atoms with Crippen LogP contribution < -0.4 is 11.1 Å². The smallest absolute Gasteiger partial charge is 0.228 e. The van der Waals surface area contributed by atoms with Crippen LogP contribution in [0.25, 0.3) is 0 Å². The molecule has 0 unspecified atom stereocenters. The number of amides is 1. The number of benzene rings is 1. The van der Waals surface area contributed by atoms with Gasteiger partial charge in [-0.25, -0.2) is 9.97 Å². The highest BCUT2D eigenvalue weighted by Crippen LogP contribution is 2.49. The minimum Gasteiger partial charge on any atom is -0.369 e. The maximum atomic E-state index is 12.1. The van der Waals surface area contributed by atoms with E-state index in [-0.39, 0.29) is 5.91 Å². The van der Waals surface area contributed by atoms with Crippen LogP contribution in [-0.4, -0.2) is 38.7 Å². The van der Waals surface area contributed by atoms with Gasteiger partial charge in [-0.2, -0.15) is 5.10 Å². The molecule has 0 atom stereocenters. The lowest BCUT2D eigenvalue weighted by atomic mass is 9.88. The van der Waals surface area contributed by atoms with E-state index in [9.17, 15) is 4.79 Å². The zero-order chi connectivity index (χ0) is 22.8. The molecule has 2 aliphatic rings. The molecule has 1 saturated heterocycles. The fourth-order valence-corrected chi connectivity index (χ4v) is 5.04. The van der Waals surface area contributed by atoms with E-state index in [0.29, 0.717) is 23.9 Å². The van der Waals surface area contributed by atoms with Gasteiger partial charge in [0.1, 0.15) is 5.82 Å². The van der Waals surface area contributed by atoms with Crippen LogP contribution in [-0.2, 0) is 29.5 Å². The lowest BCUT2D eigenvalue weighted by Crippen LogP contribution is -2.29. The molecule has 1 aliphatic heterocycles. The van der Waals surface area contributed by atoms with Crippen LogP contribution in [0.5, 0.6) is 0 Å². The summed E-state index contributed by atoms with van der Waals surface area (Å²) in [7, 11) is 0. The van der Waals surface area contributed by atoms with Crippen molar-refractivity contribution in [3.05, 3.63) is 76.1 Å². The molecule has 1 aliphatic carbocycles. The molecular formula is C25H29ClN6O. The summed E-state index contributed by atoms with van der Waals surface area (Å²) in [6.45, 7) is 2.07. The lowest BCUT2D eigenvalue weighted by molar-refractivity contribution is -0.120. The first-order chi connectivity index (χ1) is 16.0. The summed E-state index contributed by atoms with van der Waals surface area (Å²) in [6, 6.07) is 8.53. The number of carbonyl (C=O) groups excluding carboxylic acids is 1. The number of hydrogen-bond acceptors (Lipinski definition) is 5. The zero-order valence-electron chi connectivity index (χ0n) is 18.6. The molecule has 3 N–H and O–H groups in total. The molecule has 172 valence electrons. The first-order valence-corrected chi connectivity index (χ1v) is 12.1. The van der Waals surface area contributed by atoms with Crippen molar-refractivity contribution in [1.29, 1.82) is 0 Å². The number of nitrogens with two attached hydrogens (primary N) is 1. The second kappa shape index (κ2) is 9.23. The molecule has 0 spiro atoms. The third-order valence-corrected chi connectivity index (χ3v) is 7.27. The Bertz CT molecular complexity index is 1150. The summed E-state index contributed by atoms with van der Waals surface area (Å²) in [5, 5.41) is 8.53. The number of halogens is 1. The Morgan fingerprint density at radius 2 is 1.97 bits per heavy atom. The molecule has 3 heterocycles. The number of aromatic nitrogens is 4. The van der Waals surface area contributed by atoms with Crippen molar-refractivity contribution in [2.45, 2.75) is 56.4 Å². The van der Waals surface area contributed by atoms with E-state index < -0.39 is 5.41 Å². The van der Waals surface area contributed by atoms with E-state index in [1.54, 1.807) is 6.20 Å². The van der Waals surface area contributed by atoms with Crippen LogP contribution in [0.4, 0.5) is 0 Å². The van der Waals surface area contributed by atoms with Gasteiger partial charge in [0, 0.05) is 18.8 Å². The number of hydrogen-bond donors (Lipinski definition) is 2. The van der Waals surface area contributed by atoms with Crippen LogP contribution in [0.15, 0.2) is 42.9 Å². The van der Waals surface area contributed by atoms with Crippen LogP contribution in [0.2, 0.25) is 5.02 Å². The van der Waals surface area contributed by atoms with Crippen LogP contribution in [0.1, 0.15) is 59.9 Å². The fraction of sp³-hybridized carbons (Fsp3) is 0.440. The van der Waals surface area contributed by atoms with Gasteiger partial charge in [0.25, 0.3) is 0 Å². The average molecular weight is 465 g/mol. The predicted molar refractivity (Wildman–Crippen MR) is 127 cm³/mol. The molecule has 3 aromatic rings. The van der Waals surface area contributed by atoms with Gasteiger partial charge in [0.05, 0.1) is 28.4 Å². The molecule has 0 bridgehead atoms. The Morgan fingerprint density at radius 3 is 2.73 bits per heavy atom. The maximum absolute atomic E-state index is 12.1. The summed E-state index contributed by atoms with van der Waals surface area (Å²) in [4.78, 5) is 21.3. The van der Waals surface area contributed by atoms with Gasteiger partial charge in [-0.15, -0.1) is 0 Å². The predicted octanol–water partition coefficient (Wildman–Crippen LogP) is 3.14. The third kappa shape index (κ3) is 4.66. The van der Waals surface area contributed by atoms with E-state index in [1.807, 2.05) is 24.4 Å². The quantitative estimate of drug-likeness (QED) is 0.533. The molecule has 0 radical (unpaired) electrons. The Morgan fingerprint density at radius 1 is 1.18 bits per heavy atom. The van der Waals surface area contributed by atoms with Crippen LogP contribution in [0, 0.1) is 0 Å². The number of nitrogens with one attached hydrogen (secondary N) is 1. The molecule has 2 fully saturated rings. The van der Waals surface area contributed by atoms with Crippen molar-refractivity contribution in [1.82, 2.24) is 25.1 Å². The molecule has 8 heteroatoms. The standard InChI is InChI=1S/C25H29ClN6O/c26-21-15-29-23(13-17-14-30-32(16-17)19-7-11-28-12-8-19)31-22(21)6-5-18-3-1-2-4-20(18)25(9-10-25)24(27)33/h1-4,14-16,19,28H,5-13H2,(H2,27,33). The van der Waals surface area contributed by atoms with Gasteiger partial charge in [-0.3, -0.25) is 9.48 Å². The number of carbonyl (C=O) groups is 1. The van der Waals surface area contributed by atoms with Crippen molar-refractivity contribution in [2.75, 3.05) is 13.1 Å². The molecule has 5 rings (SSSR count). The summed E-state index contributed by atoms with van der Waals surface area (Å²) < 4.78 is 2.08. The minimum absolute atomic E-state index is 0.234. The summed E-state index contributed by atoms with van der Waals surface area (Å²) in [5.74, 6) is 0.505. The van der Waals surface area contributed by atoms with Gasteiger partial charge < -0.3 is 11.1 Å². The Hall–Kier alpha value is -2.77. The summed E-state index contributed by atoms with van der Waals surface area (Å²) in [5.41, 5.74) is 9.33. The van der Waals surface area contributed by atoms with Gasteiger partial charge in [-0.1, -0.05) is 35.9 Å². The Labute approximate surface area is 198 Å². The largest absolute Gasteiger partial charge is 0.369 e. The van der Waals surface area contributed by atoms with Crippen molar-refractivity contribution in [2.24, 2.45) is 5.73 Å². The van der Waals surface area contributed by atoms with E-state index in [2.05, 4.69) is 32.3 Å². The molecule has 7 nitrogen and oxygen atoms in total. The highest BCUT2D eigenvalue weighted by molar-refractivity contribution is 6.31. The highest BCUT2D eigenvalue weighted by Gasteiger charge is 2.50. The minimum atomic E-state index is -0.494. The first-order valence-electron chi connectivity index (χ1n) is 11.7. The number of primary amides is 1. The average Bonchev–Trinajstić information content (AvgIpc) is 3.53. The third-order valence-electron chi connectivity index (χ3n) is 6.95. The van der Waals surface area contributed by atoms with Crippen molar-refractivity contribution < 1.29 is 4.79 Å². The SMILES string of the molecule is NC(=O)C1(c2ccccc2CCc2nc(Cc3cnn(C4CCNCC4)c3)ncc2Cl)CC1. The van der Waals surface area contributed by atoms with E-state index in [1.165, 1.54) is 0 Å². The van der Waals surface area contributed by atoms with Crippen molar-refractivity contribution in [3.63, 3.8) is 0 Å². The van der Waals surface area contributed by atoms with Gasteiger partial charge in [-0.05, 0) is 68.3 Å². The van der Waals surface area contributed by atoms with Crippen LogP contribution in [0.3, 0.4) is 0 Å². The number of piperidine rings is 1. The van der Waals surface area contributed by atoms with E-state index in [0.717, 1.165) is 73.4 Å². The topological polar surface area (TPSA) is 98.7 Å². The maximum Gasteiger partial charge on any atom is 0.228 e. The normalized spacial score (nSPS) is 17.7. The number of aryl methyl sites for hydroxylation is 2. The van der Waals surface area contributed by atoms with Gasteiger partial charge >= 0.3 is 0 Å². The lowest BCUT2D eigenvalue weighted by Gasteiger charge is -2.22. The molecule has 2 aromatic heterocycles. The molecule has 1 amide bonds. The number of rotatable bonds is 8. The van der Waals surface area contributed by atoms with Gasteiger partial charge in [0.2, 0.25) is 5.91 Å². The van der Waals surface area contributed by atoms with Crippen molar-refractivity contribution >= 4 is 17.5 Å². The van der Waals surface area contributed by atoms with Gasteiger partial charge in [0.15, 0.2) is 0 Å². The zero-order valence-corrected chi connectivity index (χ0v) is 19.4.